The number of thioether (sulfide) groups is 1. The molecule has 1 N–H and O–H groups in total. The van der Waals surface area contributed by atoms with Crippen LogP contribution in [0.4, 0.5) is 4.79 Å². The van der Waals surface area contributed by atoms with Crippen LogP contribution in [-0.4, -0.2) is 52.0 Å². The number of nitrogens with zero attached hydrogens (tertiary/aromatic N) is 3. The molecular weight excluding hydrogens is 360 g/mol. The first-order valence-corrected chi connectivity index (χ1v) is 8.97. The predicted molar refractivity (Wildman–Crippen MR) is 90.0 cm³/mol. The predicted octanol–water partition coefficient (Wildman–Crippen LogP) is 1.61. The summed E-state index contributed by atoms with van der Waals surface area (Å²) in [4.78, 5) is 25.1. The van der Waals surface area contributed by atoms with Gasteiger partial charge < -0.3 is 19.2 Å². The van der Waals surface area contributed by atoms with Gasteiger partial charge in [-0.15, -0.1) is 10.2 Å². The van der Waals surface area contributed by atoms with Crippen LogP contribution in [-0.2, 0) is 4.79 Å². The molecule has 136 valence electrons. The lowest BCUT2D eigenvalue weighted by Gasteiger charge is -2.23. The number of aromatic nitrogens is 2. The van der Waals surface area contributed by atoms with Crippen LogP contribution in [0.1, 0.15) is 18.9 Å². The van der Waals surface area contributed by atoms with E-state index in [2.05, 4.69) is 15.5 Å². The van der Waals surface area contributed by atoms with Crippen molar-refractivity contribution in [3.63, 3.8) is 0 Å². The number of fused-ring (bicyclic) bond motifs is 1. The highest BCUT2D eigenvalue weighted by Crippen LogP contribution is 2.36. The van der Waals surface area contributed by atoms with E-state index in [0.717, 1.165) is 11.8 Å². The van der Waals surface area contributed by atoms with Gasteiger partial charge in [0.1, 0.15) is 6.61 Å². The van der Waals surface area contributed by atoms with Crippen molar-refractivity contribution in [3.05, 3.63) is 30.2 Å². The molecule has 0 unspecified atom stereocenters. The summed E-state index contributed by atoms with van der Waals surface area (Å²) in [5.74, 6) is 1.26. The van der Waals surface area contributed by atoms with Gasteiger partial charge in [-0.05, 0) is 19.1 Å². The van der Waals surface area contributed by atoms with Crippen LogP contribution in [0.25, 0.3) is 0 Å². The Bertz CT molecular complexity index is 842. The standard InChI is InChI=1S/C16H16N4O5S/c1-9(14(21)20-7-6-17-15(20)22)26-16-19-18-13(25-16)12-8-23-10-4-2-3-5-11(10)24-12/h2-5,9,12H,6-8H2,1H3,(H,17,22)/t9-,12+/m0/s1. The van der Waals surface area contributed by atoms with Crippen LogP contribution in [0.15, 0.2) is 33.9 Å². The highest BCUT2D eigenvalue weighted by molar-refractivity contribution is 8.00. The number of carbonyl (C=O) groups is 2. The molecule has 3 heterocycles. The van der Waals surface area contributed by atoms with E-state index >= 15 is 0 Å². The maximum Gasteiger partial charge on any atom is 0.324 e. The largest absolute Gasteiger partial charge is 0.485 e. The summed E-state index contributed by atoms with van der Waals surface area (Å²) in [5, 5.41) is 10.3. The second kappa shape index (κ2) is 6.87. The zero-order chi connectivity index (χ0) is 18.1. The molecule has 9 nitrogen and oxygen atoms in total. The van der Waals surface area contributed by atoms with Crippen LogP contribution in [0.5, 0.6) is 11.5 Å². The average molecular weight is 376 g/mol. The van der Waals surface area contributed by atoms with E-state index < -0.39 is 11.4 Å². The molecule has 0 aliphatic carbocycles. The van der Waals surface area contributed by atoms with E-state index in [1.54, 1.807) is 13.0 Å². The van der Waals surface area contributed by atoms with Crippen LogP contribution < -0.4 is 14.8 Å². The van der Waals surface area contributed by atoms with Crippen molar-refractivity contribution >= 4 is 23.7 Å². The van der Waals surface area contributed by atoms with Crippen LogP contribution in [0.2, 0.25) is 0 Å². The minimum Gasteiger partial charge on any atom is -0.485 e. The number of amides is 3. The summed E-state index contributed by atoms with van der Waals surface area (Å²) in [7, 11) is 0. The maximum atomic E-state index is 12.3. The van der Waals surface area contributed by atoms with Gasteiger partial charge >= 0.3 is 6.03 Å². The minimum absolute atomic E-state index is 0.239. The molecular formula is C16H16N4O5S. The lowest BCUT2D eigenvalue weighted by Crippen LogP contribution is -2.38. The Labute approximate surface area is 153 Å². The fourth-order valence-corrected chi connectivity index (χ4v) is 3.39. The van der Waals surface area contributed by atoms with Gasteiger partial charge in [-0.1, -0.05) is 23.9 Å². The first-order valence-electron chi connectivity index (χ1n) is 8.09. The van der Waals surface area contributed by atoms with Crippen molar-refractivity contribution in [1.29, 1.82) is 0 Å². The molecule has 26 heavy (non-hydrogen) atoms. The molecule has 1 fully saturated rings. The summed E-state index contributed by atoms with van der Waals surface area (Å²) in [6, 6.07) is 6.96. The summed E-state index contributed by atoms with van der Waals surface area (Å²) >= 11 is 1.10. The van der Waals surface area contributed by atoms with E-state index in [1.807, 2.05) is 18.2 Å². The third-order valence-electron chi connectivity index (χ3n) is 3.95. The zero-order valence-corrected chi connectivity index (χ0v) is 14.7. The summed E-state index contributed by atoms with van der Waals surface area (Å²) in [6.07, 6.45) is -0.512. The van der Waals surface area contributed by atoms with E-state index in [0.29, 0.717) is 24.6 Å². The molecule has 0 radical (unpaired) electrons. The Kier molecular flexibility index (Phi) is 4.41. The van der Waals surface area contributed by atoms with Crippen molar-refractivity contribution in [2.24, 2.45) is 0 Å². The topological polar surface area (TPSA) is 107 Å². The Morgan fingerprint density at radius 1 is 1.35 bits per heavy atom. The van der Waals surface area contributed by atoms with Crippen molar-refractivity contribution in [2.45, 2.75) is 23.5 Å². The fraction of sp³-hybridized carbons (Fsp3) is 0.375. The van der Waals surface area contributed by atoms with Gasteiger partial charge in [0, 0.05) is 13.1 Å². The molecule has 4 rings (SSSR count). The third kappa shape index (κ3) is 3.19. The lowest BCUT2D eigenvalue weighted by atomic mass is 10.2. The van der Waals surface area contributed by atoms with Gasteiger partial charge in [0.15, 0.2) is 11.5 Å². The monoisotopic (exact) mass is 376 g/mol. The van der Waals surface area contributed by atoms with Crippen molar-refractivity contribution in [3.8, 4) is 11.5 Å². The summed E-state index contributed by atoms with van der Waals surface area (Å²) in [5.41, 5.74) is 0. The first kappa shape index (κ1) is 16.7. The summed E-state index contributed by atoms with van der Waals surface area (Å²) in [6.45, 7) is 2.78. The number of carbonyl (C=O) groups excluding carboxylic acids is 2. The van der Waals surface area contributed by atoms with Gasteiger partial charge in [0.25, 0.3) is 11.1 Å². The van der Waals surface area contributed by atoms with Crippen molar-refractivity contribution in [1.82, 2.24) is 20.4 Å². The molecule has 2 aromatic rings. The highest BCUT2D eigenvalue weighted by atomic mass is 32.2. The third-order valence-corrected chi connectivity index (χ3v) is 4.88. The molecule has 2 atom stereocenters. The summed E-state index contributed by atoms with van der Waals surface area (Å²) < 4.78 is 17.1. The molecule has 1 aromatic heterocycles. The molecule has 1 aromatic carbocycles. The number of para-hydroxylation sites is 2. The number of urea groups is 1. The number of nitrogens with one attached hydrogen (secondary N) is 1. The van der Waals surface area contributed by atoms with Gasteiger partial charge in [-0.2, -0.15) is 0 Å². The molecule has 3 amide bonds. The second-order valence-electron chi connectivity index (χ2n) is 5.75. The molecule has 0 saturated carbocycles. The van der Waals surface area contributed by atoms with Crippen LogP contribution in [0, 0.1) is 0 Å². The van der Waals surface area contributed by atoms with Gasteiger partial charge in [0.05, 0.1) is 5.25 Å². The van der Waals surface area contributed by atoms with Crippen LogP contribution >= 0.6 is 11.8 Å². The van der Waals surface area contributed by atoms with E-state index in [1.165, 1.54) is 4.90 Å². The number of hydrogen-bond acceptors (Lipinski definition) is 8. The molecule has 0 bridgehead atoms. The number of hydrogen-bond donors (Lipinski definition) is 1. The molecule has 1 saturated heterocycles. The fourth-order valence-electron chi connectivity index (χ4n) is 2.64. The first-order chi connectivity index (χ1) is 12.6. The maximum absolute atomic E-state index is 12.3. The SMILES string of the molecule is C[C@H](Sc1nnc([C@H]2COc3ccccc3O2)o1)C(=O)N1CCNC1=O. The van der Waals surface area contributed by atoms with Crippen LogP contribution in [0.3, 0.4) is 0 Å². The Hall–Kier alpha value is -2.75. The Morgan fingerprint density at radius 2 is 2.15 bits per heavy atom. The highest BCUT2D eigenvalue weighted by Gasteiger charge is 2.32. The zero-order valence-electron chi connectivity index (χ0n) is 13.9. The average Bonchev–Trinajstić information content (AvgIpc) is 3.29. The Morgan fingerprint density at radius 3 is 2.92 bits per heavy atom. The van der Waals surface area contributed by atoms with Crippen molar-refractivity contribution < 1.29 is 23.5 Å². The van der Waals surface area contributed by atoms with Gasteiger partial charge in [0.2, 0.25) is 12.0 Å². The smallest absolute Gasteiger partial charge is 0.324 e. The molecule has 10 heteroatoms. The van der Waals surface area contributed by atoms with E-state index in [-0.39, 0.29) is 29.7 Å². The second-order valence-corrected chi connectivity index (χ2v) is 7.04. The quantitative estimate of drug-likeness (QED) is 0.802. The van der Waals surface area contributed by atoms with E-state index in [9.17, 15) is 9.59 Å². The number of ether oxygens (including phenoxy) is 2. The Balaban J connectivity index is 1.40. The number of rotatable bonds is 4. The minimum atomic E-state index is -0.531. The lowest BCUT2D eigenvalue weighted by molar-refractivity contribution is -0.126. The van der Waals surface area contributed by atoms with Gasteiger partial charge in [-0.3, -0.25) is 9.69 Å². The normalized spacial score (nSPS) is 20.0. The molecule has 0 spiro atoms. The van der Waals surface area contributed by atoms with Crippen molar-refractivity contribution in [2.75, 3.05) is 19.7 Å². The number of benzene rings is 1. The van der Waals surface area contributed by atoms with E-state index in [4.69, 9.17) is 13.9 Å². The van der Waals surface area contributed by atoms with Gasteiger partial charge in [-0.25, -0.2) is 4.79 Å². The number of imide groups is 1. The molecule has 2 aliphatic rings. The molecule has 2 aliphatic heterocycles.